The Bertz CT molecular complexity index is 304. The second kappa shape index (κ2) is 5.66. The number of ether oxygens (including phenoxy) is 1. The topological polar surface area (TPSA) is 30.3 Å². The molecule has 16 heavy (non-hydrogen) atoms. The SMILES string of the molecule is CC1CN(CCn2cccn2)CC(CCl)O1. The van der Waals surface area contributed by atoms with Gasteiger partial charge in [0.05, 0.1) is 18.8 Å². The van der Waals surface area contributed by atoms with Crippen molar-refractivity contribution in [2.75, 3.05) is 25.5 Å². The van der Waals surface area contributed by atoms with E-state index in [1.165, 1.54) is 0 Å². The second-order valence-electron chi connectivity index (χ2n) is 4.25. The molecule has 0 amide bonds. The van der Waals surface area contributed by atoms with Crippen molar-refractivity contribution in [2.45, 2.75) is 25.7 Å². The van der Waals surface area contributed by atoms with E-state index in [4.69, 9.17) is 16.3 Å². The summed E-state index contributed by atoms with van der Waals surface area (Å²) in [5.74, 6) is 0.572. The van der Waals surface area contributed by atoms with Gasteiger partial charge < -0.3 is 4.74 Å². The van der Waals surface area contributed by atoms with Crippen molar-refractivity contribution in [1.82, 2.24) is 14.7 Å². The quantitative estimate of drug-likeness (QED) is 0.745. The molecule has 0 aliphatic carbocycles. The molecule has 1 aliphatic heterocycles. The van der Waals surface area contributed by atoms with Crippen LogP contribution in [-0.2, 0) is 11.3 Å². The van der Waals surface area contributed by atoms with Crippen LogP contribution in [0, 0.1) is 0 Å². The van der Waals surface area contributed by atoms with Crippen molar-refractivity contribution in [3.8, 4) is 0 Å². The summed E-state index contributed by atoms with van der Waals surface area (Å²) in [6.07, 6.45) is 4.24. The first-order valence-corrected chi connectivity index (χ1v) is 6.22. The van der Waals surface area contributed by atoms with E-state index in [1.54, 1.807) is 0 Å². The average molecular weight is 244 g/mol. The van der Waals surface area contributed by atoms with E-state index in [0.29, 0.717) is 5.88 Å². The monoisotopic (exact) mass is 243 g/mol. The van der Waals surface area contributed by atoms with E-state index >= 15 is 0 Å². The fraction of sp³-hybridized carbons (Fsp3) is 0.727. The van der Waals surface area contributed by atoms with Crippen molar-refractivity contribution in [3.63, 3.8) is 0 Å². The largest absolute Gasteiger partial charge is 0.371 e. The van der Waals surface area contributed by atoms with Crippen LogP contribution in [0.15, 0.2) is 18.5 Å². The van der Waals surface area contributed by atoms with Gasteiger partial charge in [-0.2, -0.15) is 5.10 Å². The molecular formula is C11H18ClN3O. The highest BCUT2D eigenvalue weighted by atomic mass is 35.5. The minimum Gasteiger partial charge on any atom is -0.371 e. The third kappa shape index (κ3) is 3.20. The fourth-order valence-corrected chi connectivity index (χ4v) is 2.26. The lowest BCUT2D eigenvalue weighted by atomic mass is 10.2. The summed E-state index contributed by atoms with van der Waals surface area (Å²) >= 11 is 5.84. The molecule has 0 N–H and O–H groups in total. The molecule has 2 unspecified atom stereocenters. The zero-order chi connectivity index (χ0) is 11.4. The van der Waals surface area contributed by atoms with Gasteiger partial charge in [-0.3, -0.25) is 9.58 Å². The number of hydrogen-bond donors (Lipinski definition) is 0. The Morgan fingerprint density at radius 2 is 2.31 bits per heavy atom. The molecule has 0 saturated carbocycles. The number of morpholine rings is 1. The Hall–Kier alpha value is -0.580. The summed E-state index contributed by atoms with van der Waals surface area (Å²) in [4.78, 5) is 2.39. The zero-order valence-corrected chi connectivity index (χ0v) is 10.3. The summed E-state index contributed by atoms with van der Waals surface area (Å²) in [5, 5.41) is 4.19. The van der Waals surface area contributed by atoms with Gasteiger partial charge in [-0.25, -0.2) is 0 Å². The van der Waals surface area contributed by atoms with Crippen LogP contribution < -0.4 is 0 Å². The van der Waals surface area contributed by atoms with Crippen molar-refractivity contribution < 1.29 is 4.74 Å². The van der Waals surface area contributed by atoms with Gasteiger partial charge in [-0.1, -0.05) is 0 Å². The minimum absolute atomic E-state index is 0.169. The average Bonchev–Trinajstić information content (AvgIpc) is 2.78. The van der Waals surface area contributed by atoms with Gasteiger partial charge in [-0.05, 0) is 13.0 Å². The maximum absolute atomic E-state index is 5.84. The maximum Gasteiger partial charge on any atom is 0.0841 e. The molecule has 0 bridgehead atoms. The molecule has 1 aromatic heterocycles. The molecule has 90 valence electrons. The third-order valence-corrected chi connectivity index (χ3v) is 3.12. The van der Waals surface area contributed by atoms with Crippen LogP contribution in [0.2, 0.25) is 0 Å². The van der Waals surface area contributed by atoms with Crippen LogP contribution in [-0.4, -0.2) is 52.4 Å². The van der Waals surface area contributed by atoms with Gasteiger partial charge in [0.25, 0.3) is 0 Å². The standard InChI is InChI=1S/C11H18ClN3O/c1-10-8-14(9-11(7-12)16-10)5-6-15-4-2-3-13-15/h2-4,10-11H,5-9H2,1H3. The molecule has 1 aromatic rings. The highest BCUT2D eigenvalue weighted by Crippen LogP contribution is 2.12. The molecule has 0 aromatic carbocycles. The fourth-order valence-electron chi connectivity index (χ4n) is 2.09. The predicted molar refractivity (Wildman–Crippen MR) is 63.7 cm³/mol. The van der Waals surface area contributed by atoms with Crippen LogP contribution in [0.1, 0.15) is 6.92 Å². The first kappa shape index (κ1) is 11.9. The summed E-state index contributed by atoms with van der Waals surface area (Å²) < 4.78 is 7.66. The Labute approximate surface area is 101 Å². The highest BCUT2D eigenvalue weighted by Gasteiger charge is 2.24. The van der Waals surface area contributed by atoms with Gasteiger partial charge in [0.1, 0.15) is 0 Å². The molecule has 1 saturated heterocycles. The van der Waals surface area contributed by atoms with E-state index < -0.39 is 0 Å². The van der Waals surface area contributed by atoms with Gasteiger partial charge in [0.2, 0.25) is 0 Å². The predicted octanol–water partition coefficient (Wildman–Crippen LogP) is 1.21. The molecule has 2 rings (SSSR count). The maximum atomic E-state index is 5.84. The molecule has 2 heterocycles. The molecule has 1 aliphatic rings. The Morgan fingerprint density at radius 1 is 1.44 bits per heavy atom. The van der Waals surface area contributed by atoms with Crippen LogP contribution >= 0.6 is 11.6 Å². The zero-order valence-electron chi connectivity index (χ0n) is 9.55. The van der Waals surface area contributed by atoms with Crippen LogP contribution in [0.25, 0.3) is 0 Å². The second-order valence-corrected chi connectivity index (χ2v) is 4.56. The third-order valence-electron chi connectivity index (χ3n) is 2.78. The first-order chi connectivity index (χ1) is 7.78. The van der Waals surface area contributed by atoms with Crippen LogP contribution in [0.4, 0.5) is 0 Å². The molecule has 0 radical (unpaired) electrons. The van der Waals surface area contributed by atoms with Crippen LogP contribution in [0.5, 0.6) is 0 Å². The van der Waals surface area contributed by atoms with Crippen LogP contribution in [0.3, 0.4) is 0 Å². The van der Waals surface area contributed by atoms with Gasteiger partial charge in [0.15, 0.2) is 0 Å². The van der Waals surface area contributed by atoms with Crippen molar-refractivity contribution in [2.24, 2.45) is 0 Å². The molecule has 1 fully saturated rings. The summed E-state index contributed by atoms with van der Waals surface area (Å²) in [5.41, 5.74) is 0. The highest BCUT2D eigenvalue weighted by molar-refractivity contribution is 6.18. The van der Waals surface area contributed by atoms with E-state index in [9.17, 15) is 0 Å². The Kier molecular flexibility index (Phi) is 4.21. The number of alkyl halides is 1. The molecule has 5 heteroatoms. The lowest BCUT2D eigenvalue weighted by Gasteiger charge is -2.35. The number of nitrogens with zero attached hydrogens (tertiary/aromatic N) is 3. The van der Waals surface area contributed by atoms with E-state index in [1.807, 2.05) is 23.1 Å². The molecule has 4 nitrogen and oxygen atoms in total. The van der Waals surface area contributed by atoms with Crippen molar-refractivity contribution in [1.29, 1.82) is 0 Å². The number of aromatic nitrogens is 2. The Balaban J connectivity index is 1.80. The lowest BCUT2D eigenvalue weighted by Crippen LogP contribution is -2.48. The van der Waals surface area contributed by atoms with Crippen molar-refractivity contribution >= 4 is 11.6 Å². The number of halogens is 1. The molecule has 0 spiro atoms. The van der Waals surface area contributed by atoms with Gasteiger partial charge in [-0.15, -0.1) is 11.6 Å². The molecule has 2 atom stereocenters. The summed E-state index contributed by atoms with van der Waals surface area (Å²) in [6.45, 7) is 5.93. The first-order valence-electron chi connectivity index (χ1n) is 5.69. The van der Waals surface area contributed by atoms with E-state index in [0.717, 1.165) is 26.2 Å². The normalized spacial score (nSPS) is 27.1. The Morgan fingerprint density at radius 3 is 3.00 bits per heavy atom. The van der Waals surface area contributed by atoms with E-state index in [-0.39, 0.29) is 12.2 Å². The minimum atomic E-state index is 0.169. The van der Waals surface area contributed by atoms with Gasteiger partial charge in [0, 0.05) is 37.9 Å². The summed E-state index contributed by atoms with van der Waals surface area (Å²) in [7, 11) is 0. The van der Waals surface area contributed by atoms with Gasteiger partial charge >= 0.3 is 0 Å². The smallest absolute Gasteiger partial charge is 0.0841 e. The molecular weight excluding hydrogens is 226 g/mol. The van der Waals surface area contributed by atoms with E-state index in [2.05, 4.69) is 16.9 Å². The number of hydrogen-bond acceptors (Lipinski definition) is 3. The summed E-state index contributed by atoms with van der Waals surface area (Å²) in [6, 6.07) is 1.95. The van der Waals surface area contributed by atoms with Crippen molar-refractivity contribution in [3.05, 3.63) is 18.5 Å². The number of rotatable bonds is 4. The lowest BCUT2D eigenvalue weighted by molar-refractivity contribution is -0.0671.